The predicted molar refractivity (Wildman–Crippen MR) is 48.1 cm³/mol. The molecule has 5 heteroatoms. The van der Waals surface area contributed by atoms with Crippen molar-refractivity contribution >= 4 is 11.9 Å². The van der Waals surface area contributed by atoms with E-state index in [2.05, 4.69) is 11.8 Å². The van der Waals surface area contributed by atoms with Gasteiger partial charge >= 0.3 is 11.9 Å². The zero-order valence-electron chi connectivity index (χ0n) is 8.45. The van der Waals surface area contributed by atoms with Crippen LogP contribution < -0.4 is 0 Å². The van der Waals surface area contributed by atoms with Gasteiger partial charge in [0.2, 0.25) is 0 Å². The second kappa shape index (κ2) is 7.32. The zero-order chi connectivity index (χ0) is 11.0. The summed E-state index contributed by atoms with van der Waals surface area (Å²) in [6, 6.07) is 0. The minimum Gasteiger partial charge on any atom is -0.462 e. The van der Waals surface area contributed by atoms with Gasteiger partial charge in [0.1, 0.15) is 12.7 Å². The maximum Gasteiger partial charge on any atom is 0.303 e. The molecule has 0 bridgehead atoms. The SMILES string of the molecule is [CH2]OCCC(COC(C)=O)OC(C)=O. The standard InChI is InChI=1S/C9H15O5/c1-7(10)13-6-9(4-5-12-3)14-8(2)11/h9H,3-6H2,1-2H3. The fourth-order valence-electron chi connectivity index (χ4n) is 0.836. The van der Waals surface area contributed by atoms with E-state index in [4.69, 9.17) is 9.47 Å². The second-order valence-corrected chi connectivity index (χ2v) is 2.73. The van der Waals surface area contributed by atoms with Crippen molar-refractivity contribution < 1.29 is 23.8 Å². The molecular weight excluding hydrogens is 188 g/mol. The summed E-state index contributed by atoms with van der Waals surface area (Å²) in [6.07, 6.45) is -0.00532. The monoisotopic (exact) mass is 203 g/mol. The molecule has 0 amide bonds. The highest BCUT2D eigenvalue weighted by Gasteiger charge is 2.13. The van der Waals surface area contributed by atoms with Crippen molar-refractivity contribution in [2.24, 2.45) is 0 Å². The van der Waals surface area contributed by atoms with Crippen LogP contribution in [0.5, 0.6) is 0 Å². The number of carbonyl (C=O) groups excluding carboxylic acids is 2. The highest BCUT2D eigenvalue weighted by Crippen LogP contribution is 2.01. The molecule has 0 fully saturated rings. The van der Waals surface area contributed by atoms with Gasteiger partial charge < -0.3 is 14.2 Å². The summed E-state index contributed by atoms with van der Waals surface area (Å²) < 4.78 is 14.2. The van der Waals surface area contributed by atoms with Crippen LogP contribution in [0.3, 0.4) is 0 Å². The fourth-order valence-corrected chi connectivity index (χ4v) is 0.836. The van der Waals surface area contributed by atoms with Crippen molar-refractivity contribution in [3.05, 3.63) is 7.11 Å². The van der Waals surface area contributed by atoms with E-state index in [1.54, 1.807) is 0 Å². The molecule has 0 N–H and O–H groups in total. The Morgan fingerprint density at radius 2 is 1.93 bits per heavy atom. The number of esters is 2. The lowest BCUT2D eigenvalue weighted by molar-refractivity contribution is -0.157. The molecule has 0 heterocycles. The van der Waals surface area contributed by atoms with E-state index >= 15 is 0 Å². The molecular formula is C9H15O5. The molecule has 0 aliphatic rings. The lowest BCUT2D eigenvalue weighted by Crippen LogP contribution is -2.24. The number of ether oxygens (including phenoxy) is 3. The van der Waals surface area contributed by atoms with Crippen molar-refractivity contribution in [2.75, 3.05) is 13.2 Å². The summed E-state index contributed by atoms with van der Waals surface area (Å²) in [5.41, 5.74) is 0. The first-order valence-corrected chi connectivity index (χ1v) is 4.23. The van der Waals surface area contributed by atoms with Gasteiger partial charge in [0.15, 0.2) is 0 Å². The number of hydrogen-bond acceptors (Lipinski definition) is 5. The van der Waals surface area contributed by atoms with Gasteiger partial charge in [-0.25, -0.2) is 0 Å². The molecule has 1 unspecified atom stereocenters. The van der Waals surface area contributed by atoms with Crippen molar-refractivity contribution in [2.45, 2.75) is 26.4 Å². The average molecular weight is 203 g/mol. The molecule has 14 heavy (non-hydrogen) atoms. The van der Waals surface area contributed by atoms with Crippen LogP contribution in [0.2, 0.25) is 0 Å². The average Bonchev–Trinajstić information content (AvgIpc) is 2.09. The highest BCUT2D eigenvalue weighted by atomic mass is 16.6. The summed E-state index contributed by atoms with van der Waals surface area (Å²) in [7, 11) is 3.18. The Morgan fingerprint density at radius 1 is 1.29 bits per heavy atom. The van der Waals surface area contributed by atoms with Crippen LogP contribution in [0.25, 0.3) is 0 Å². The van der Waals surface area contributed by atoms with E-state index in [1.807, 2.05) is 0 Å². The third-order valence-corrected chi connectivity index (χ3v) is 1.39. The van der Waals surface area contributed by atoms with Crippen LogP contribution in [0.15, 0.2) is 0 Å². The van der Waals surface area contributed by atoms with E-state index in [0.717, 1.165) is 0 Å². The van der Waals surface area contributed by atoms with Gasteiger partial charge in [-0.05, 0) is 0 Å². The molecule has 0 saturated heterocycles. The predicted octanol–water partition coefficient (Wildman–Crippen LogP) is 0.679. The minimum absolute atomic E-state index is 0.0538. The van der Waals surface area contributed by atoms with Crippen LogP contribution in [0.4, 0.5) is 0 Å². The van der Waals surface area contributed by atoms with Gasteiger partial charge in [0, 0.05) is 20.3 Å². The zero-order valence-corrected chi connectivity index (χ0v) is 8.45. The van der Waals surface area contributed by atoms with Crippen LogP contribution in [-0.2, 0) is 23.8 Å². The Morgan fingerprint density at radius 3 is 2.36 bits per heavy atom. The molecule has 0 rings (SSSR count). The van der Waals surface area contributed by atoms with Crippen LogP contribution >= 0.6 is 0 Å². The largest absolute Gasteiger partial charge is 0.462 e. The third kappa shape index (κ3) is 7.54. The first kappa shape index (κ1) is 12.9. The van der Waals surface area contributed by atoms with Crippen LogP contribution in [-0.4, -0.2) is 31.3 Å². The number of rotatable bonds is 6. The Hall–Kier alpha value is -1.10. The number of hydrogen-bond donors (Lipinski definition) is 0. The van der Waals surface area contributed by atoms with Gasteiger partial charge in [-0.15, -0.1) is 0 Å². The quantitative estimate of drug-likeness (QED) is 0.594. The molecule has 0 saturated carbocycles. The molecule has 0 aliphatic heterocycles. The molecule has 81 valence electrons. The Bertz CT molecular complexity index is 190. The topological polar surface area (TPSA) is 61.8 Å². The third-order valence-electron chi connectivity index (χ3n) is 1.39. The first-order chi connectivity index (χ1) is 6.56. The normalized spacial score (nSPS) is 11.9. The lowest BCUT2D eigenvalue weighted by Gasteiger charge is -2.15. The van der Waals surface area contributed by atoms with E-state index in [-0.39, 0.29) is 6.61 Å². The van der Waals surface area contributed by atoms with E-state index < -0.39 is 18.0 Å². The van der Waals surface area contributed by atoms with Gasteiger partial charge in [-0.2, -0.15) is 0 Å². The summed E-state index contributed by atoms with van der Waals surface area (Å²) in [6.45, 7) is 2.99. The summed E-state index contributed by atoms with van der Waals surface area (Å²) in [5, 5.41) is 0. The molecule has 1 radical (unpaired) electrons. The van der Waals surface area contributed by atoms with Gasteiger partial charge in [0.25, 0.3) is 0 Å². The first-order valence-electron chi connectivity index (χ1n) is 4.23. The molecule has 0 aliphatic carbocycles. The van der Waals surface area contributed by atoms with Crippen molar-refractivity contribution in [3.63, 3.8) is 0 Å². The summed E-state index contributed by atoms with van der Waals surface area (Å²) in [4.78, 5) is 21.1. The van der Waals surface area contributed by atoms with Gasteiger partial charge in [0.05, 0.1) is 13.7 Å². The Labute approximate surface area is 83.3 Å². The molecule has 0 aromatic carbocycles. The van der Waals surface area contributed by atoms with Gasteiger partial charge in [-0.1, -0.05) is 0 Å². The van der Waals surface area contributed by atoms with E-state index in [1.165, 1.54) is 13.8 Å². The van der Waals surface area contributed by atoms with Crippen LogP contribution in [0, 0.1) is 7.11 Å². The van der Waals surface area contributed by atoms with Gasteiger partial charge in [-0.3, -0.25) is 9.59 Å². The lowest BCUT2D eigenvalue weighted by atomic mass is 10.3. The molecule has 0 aromatic heterocycles. The van der Waals surface area contributed by atoms with E-state index in [0.29, 0.717) is 13.0 Å². The Kier molecular flexibility index (Phi) is 6.74. The van der Waals surface area contributed by atoms with E-state index in [9.17, 15) is 9.59 Å². The molecule has 1 atom stereocenters. The molecule has 0 spiro atoms. The van der Waals surface area contributed by atoms with Crippen molar-refractivity contribution in [3.8, 4) is 0 Å². The number of carbonyl (C=O) groups is 2. The maximum atomic E-state index is 10.6. The smallest absolute Gasteiger partial charge is 0.303 e. The fraction of sp³-hybridized carbons (Fsp3) is 0.667. The maximum absolute atomic E-state index is 10.6. The molecule has 5 nitrogen and oxygen atoms in total. The van der Waals surface area contributed by atoms with Crippen molar-refractivity contribution in [1.29, 1.82) is 0 Å². The summed E-state index contributed by atoms with van der Waals surface area (Å²) >= 11 is 0. The van der Waals surface area contributed by atoms with Crippen molar-refractivity contribution in [1.82, 2.24) is 0 Å². The minimum atomic E-state index is -0.460. The molecule has 0 aromatic rings. The van der Waals surface area contributed by atoms with Crippen LogP contribution in [0.1, 0.15) is 20.3 Å². The second-order valence-electron chi connectivity index (χ2n) is 2.73. The Balaban J connectivity index is 3.83. The highest BCUT2D eigenvalue weighted by molar-refractivity contribution is 5.67. The summed E-state index contributed by atoms with van der Waals surface area (Å²) in [5.74, 6) is -0.816.